The van der Waals surface area contributed by atoms with Gasteiger partial charge < -0.3 is 9.64 Å². The van der Waals surface area contributed by atoms with Crippen LogP contribution in [-0.4, -0.2) is 95.7 Å². The van der Waals surface area contributed by atoms with E-state index < -0.39 is 17.6 Å². The van der Waals surface area contributed by atoms with Crippen LogP contribution in [0.5, 0.6) is 0 Å². The normalized spacial score (nSPS) is 21.9. The molecule has 3 N–H and O–H groups in total. The van der Waals surface area contributed by atoms with Crippen molar-refractivity contribution >= 4 is 35.7 Å². The zero-order valence-electron chi connectivity index (χ0n) is 20.0. The van der Waals surface area contributed by atoms with Gasteiger partial charge in [-0.3, -0.25) is 30.5 Å². The van der Waals surface area contributed by atoms with Crippen molar-refractivity contribution < 1.29 is 23.9 Å². The van der Waals surface area contributed by atoms with Crippen LogP contribution < -0.4 is 15.8 Å². The number of thioether (sulfide) groups is 1. The minimum Gasteiger partial charge on any atom is -0.378 e. The van der Waals surface area contributed by atoms with E-state index in [1.165, 1.54) is 11.8 Å². The third-order valence-electron chi connectivity index (χ3n) is 7.03. The number of ether oxygens (including phenoxy) is 1. The topological polar surface area (TPSA) is 123 Å². The van der Waals surface area contributed by atoms with Gasteiger partial charge in [0.2, 0.25) is 18.1 Å². The fourth-order valence-electron chi connectivity index (χ4n) is 5.14. The molecule has 2 unspecified atom stereocenters. The fraction of sp³-hybridized carbons (Fsp3) is 0.727. The second kappa shape index (κ2) is 12.2. The summed E-state index contributed by atoms with van der Waals surface area (Å²) in [5, 5.41) is 10.5. The maximum Gasteiger partial charge on any atom is 0.243 e. The number of aromatic nitrogens is 2. The van der Waals surface area contributed by atoms with Gasteiger partial charge in [0.05, 0.1) is 31.7 Å². The van der Waals surface area contributed by atoms with Gasteiger partial charge in [-0.25, -0.2) is 15.0 Å². The lowest BCUT2D eigenvalue weighted by atomic mass is 9.92. The molecule has 0 aromatic carbocycles. The first-order valence-corrected chi connectivity index (χ1v) is 13.4. The van der Waals surface area contributed by atoms with E-state index in [4.69, 9.17) is 4.74 Å². The molecule has 35 heavy (non-hydrogen) atoms. The summed E-state index contributed by atoms with van der Waals surface area (Å²) >= 11 is 1.28. The number of piperazine rings is 1. The zero-order chi connectivity index (χ0) is 24.8. The second-order valence-corrected chi connectivity index (χ2v) is 10.1. The molecule has 13 heteroatoms. The highest BCUT2D eigenvalue weighted by atomic mass is 32.2. The number of morpholine rings is 1. The molecule has 2 saturated heterocycles. The summed E-state index contributed by atoms with van der Waals surface area (Å²) in [7, 11) is 0. The van der Waals surface area contributed by atoms with E-state index in [0.29, 0.717) is 48.9 Å². The van der Waals surface area contributed by atoms with Gasteiger partial charge in [-0.05, 0) is 18.6 Å². The molecule has 4 rings (SSSR count). The number of amides is 2. The maximum absolute atomic E-state index is 15.5. The van der Waals surface area contributed by atoms with E-state index in [0.717, 1.165) is 38.8 Å². The Morgan fingerprint density at radius 2 is 2.14 bits per heavy atom. The average molecular weight is 512 g/mol. The lowest BCUT2D eigenvalue weighted by Gasteiger charge is -2.44. The largest absolute Gasteiger partial charge is 0.378 e. The zero-order valence-corrected chi connectivity index (χ0v) is 20.8. The number of rotatable bonds is 10. The number of carbonyl (C=O) groups is 2. The van der Waals surface area contributed by atoms with E-state index in [1.54, 1.807) is 6.26 Å². The van der Waals surface area contributed by atoms with Crippen molar-refractivity contribution in [3.63, 3.8) is 0 Å². The van der Waals surface area contributed by atoms with Crippen LogP contribution >= 0.6 is 11.8 Å². The quantitative estimate of drug-likeness (QED) is 0.139. The molecule has 2 aliphatic heterocycles. The Morgan fingerprint density at radius 1 is 1.34 bits per heavy atom. The van der Waals surface area contributed by atoms with Crippen molar-refractivity contribution in [2.24, 2.45) is 11.8 Å². The number of nitrogens with zero attached hydrogens (tertiary/aromatic N) is 5. The molecule has 11 nitrogen and oxygen atoms in total. The standard InChI is InChI=1S/C22H34FN7O4S/c1-35-22-24-19(18(23)20(25-22)29-7-6-28-8-9-34-13-17(28)12-29)26-27-21(32)16(11-30(33)14-31)10-15-4-2-3-5-15/h14-17,33H,2-13H2,1H3,(H,27,32)(H,24,25,26). The van der Waals surface area contributed by atoms with Crippen molar-refractivity contribution in [3.8, 4) is 0 Å². The molecule has 2 amide bonds. The smallest absolute Gasteiger partial charge is 0.243 e. The number of hydrazine groups is 1. The Kier molecular flexibility index (Phi) is 8.98. The molecule has 1 aromatic heterocycles. The summed E-state index contributed by atoms with van der Waals surface area (Å²) in [6.07, 6.45) is 6.89. The minimum absolute atomic E-state index is 0.120. The first kappa shape index (κ1) is 25.9. The molecule has 3 fully saturated rings. The predicted octanol–water partition coefficient (Wildman–Crippen LogP) is 1.35. The minimum atomic E-state index is -0.641. The number of hydroxylamine groups is 2. The molecule has 194 valence electrons. The third-order valence-corrected chi connectivity index (χ3v) is 7.58. The van der Waals surface area contributed by atoms with Crippen LogP contribution in [0.4, 0.5) is 16.0 Å². The molecule has 2 atom stereocenters. The molecule has 0 radical (unpaired) electrons. The summed E-state index contributed by atoms with van der Waals surface area (Å²) in [5.41, 5.74) is 5.17. The molecule has 1 aliphatic carbocycles. The van der Waals surface area contributed by atoms with Crippen LogP contribution in [0, 0.1) is 17.7 Å². The van der Waals surface area contributed by atoms with Crippen LogP contribution in [0.25, 0.3) is 0 Å². The summed E-state index contributed by atoms with van der Waals surface area (Å²) in [4.78, 5) is 36.7. The highest BCUT2D eigenvalue weighted by molar-refractivity contribution is 7.98. The summed E-state index contributed by atoms with van der Waals surface area (Å²) in [6.45, 7) is 4.07. The van der Waals surface area contributed by atoms with Gasteiger partial charge in [-0.1, -0.05) is 37.4 Å². The molecular weight excluding hydrogens is 477 g/mol. The lowest BCUT2D eigenvalue weighted by Crippen LogP contribution is -2.58. The van der Waals surface area contributed by atoms with Crippen molar-refractivity contribution in [2.45, 2.75) is 43.3 Å². The van der Waals surface area contributed by atoms with Gasteiger partial charge >= 0.3 is 0 Å². The van der Waals surface area contributed by atoms with Crippen LogP contribution in [0.1, 0.15) is 32.1 Å². The van der Waals surface area contributed by atoms with Gasteiger partial charge in [0, 0.05) is 26.2 Å². The van der Waals surface area contributed by atoms with Gasteiger partial charge in [-0.15, -0.1) is 0 Å². The predicted molar refractivity (Wildman–Crippen MR) is 129 cm³/mol. The Labute approximate surface area is 208 Å². The maximum atomic E-state index is 15.5. The molecule has 1 saturated carbocycles. The first-order chi connectivity index (χ1) is 17.0. The van der Waals surface area contributed by atoms with Gasteiger partial charge in [0.25, 0.3) is 0 Å². The number of carbonyl (C=O) groups excluding carboxylic acids is 2. The van der Waals surface area contributed by atoms with Gasteiger partial charge in [-0.2, -0.15) is 4.39 Å². The molecule has 0 spiro atoms. The van der Waals surface area contributed by atoms with Gasteiger partial charge in [0.1, 0.15) is 0 Å². The first-order valence-electron chi connectivity index (χ1n) is 12.1. The van der Waals surface area contributed by atoms with Crippen LogP contribution in [0.3, 0.4) is 0 Å². The lowest BCUT2D eigenvalue weighted by molar-refractivity contribution is -0.154. The summed E-state index contributed by atoms with van der Waals surface area (Å²) < 4.78 is 21.1. The highest BCUT2D eigenvalue weighted by Gasteiger charge is 2.32. The number of nitrogens with one attached hydrogen (secondary N) is 2. The van der Waals surface area contributed by atoms with E-state index in [9.17, 15) is 14.8 Å². The molecule has 0 bridgehead atoms. The average Bonchev–Trinajstić information content (AvgIpc) is 3.40. The Hall–Kier alpha value is -2.22. The molecule has 1 aromatic rings. The van der Waals surface area contributed by atoms with Crippen molar-refractivity contribution in [1.29, 1.82) is 0 Å². The third kappa shape index (κ3) is 6.51. The molecular formula is C22H34FN7O4S. The van der Waals surface area contributed by atoms with Gasteiger partial charge in [0.15, 0.2) is 16.8 Å². The SMILES string of the molecule is CSc1nc(NNC(=O)C(CC2CCCC2)CN(O)C=O)c(F)c(N2CCN3CCOCC3C2)n1. The van der Waals surface area contributed by atoms with Crippen LogP contribution in [0.15, 0.2) is 5.16 Å². The highest BCUT2D eigenvalue weighted by Crippen LogP contribution is 2.31. The summed E-state index contributed by atoms with van der Waals surface area (Å²) in [5.74, 6) is -1.28. The second-order valence-electron chi connectivity index (χ2n) is 9.33. The number of anilines is 2. The van der Waals surface area contributed by atoms with Crippen molar-refractivity contribution in [3.05, 3.63) is 5.82 Å². The number of halogens is 1. The summed E-state index contributed by atoms with van der Waals surface area (Å²) in [6, 6.07) is 0.177. The Balaban J connectivity index is 1.45. The number of hydrogen-bond acceptors (Lipinski definition) is 10. The molecule has 3 aliphatic rings. The van der Waals surface area contributed by atoms with E-state index in [2.05, 4.69) is 25.7 Å². The fourth-order valence-corrected chi connectivity index (χ4v) is 5.50. The van der Waals surface area contributed by atoms with E-state index >= 15 is 4.39 Å². The van der Waals surface area contributed by atoms with Crippen LogP contribution in [-0.2, 0) is 14.3 Å². The Morgan fingerprint density at radius 3 is 2.89 bits per heavy atom. The van der Waals surface area contributed by atoms with E-state index in [-0.39, 0.29) is 30.6 Å². The van der Waals surface area contributed by atoms with Crippen molar-refractivity contribution in [2.75, 3.05) is 62.5 Å². The van der Waals surface area contributed by atoms with Crippen LogP contribution in [0.2, 0.25) is 0 Å². The number of fused-ring (bicyclic) bond motifs is 1. The monoisotopic (exact) mass is 511 g/mol. The number of hydrogen-bond donors (Lipinski definition) is 3. The van der Waals surface area contributed by atoms with Crippen molar-refractivity contribution in [1.82, 2.24) is 25.4 Å². The van der Waals surface area contributed by atoms with E-state index in [1.807, 2.05) is 4.90 Å². The molecule has 3 heterocycles. The Bertz CT molecular complexity index is 892.